The minimum Gasteiger partial charge on any atom is -0.318 e. The Morgan fingerprint density at radius 2 is 1.82 bits per heavy atom. The largest absolute Gasteiger partial charge is 0.416 e. The number of carbonyl (C=O) groups excluding carboxylic acids is 1. The second-order valence-electron chi connectivity index (χ2n) is 9.63. The van der Waals surface area contributed by atoms with E-state index in [4.69, 9.17) is 0 Å². The number of hydrogen-bond donors (Lipinski definition) is 1. The van der Waals surface area contributed by atoms with E-state index in [1.807, 2.05) is 30.3 Å². The van der Waals surface area contributed by atoms with Crippen molar-refractivity contribution in [2.45, 2.75) is 46.0 Å². The fourth-order valence-corrected chi connectivity index (χ4v) is 7.00. The van der Waals surface area contributed by atoms with Crippen LogP contribution in [0.4, 0.5) is 18.3 Å². The number of nitrogens with zero attached hydrogens (tertiary/aromatic N) is 3. The summed E-state index contributed by atoms with van der Waals surface area (Å²) in [5.74, 6) is -0.594. The number of amides is 1. The van der Waals surface area contributed by atoms with Crippen molar-refractivity contribution in [1.29, 1.82) is 0 Å². The zero-order valence-corrected chi connectivity index (χ0v) is 23.6. The van der Waals surface area contributed by atoms with Crippen molar-refractivity contribution in [3.8, 4) is 16.9 Å². The van der Waals surface area contributed by atoms with Gasteiger partial charge in [-0.1, -0.05) is 30.3 Å². The minimum absolute atomic E-state index is 0.120. The minimum atomic E-state index is -4.46. The number of thiazole rings is 1. The van der Waals surface area contributed by atoms with Crippen LogP contribution in [0.2, 0.25) is 0 Å². The number of hydrogen-bond acceptors (Lipinski definition) is 5. The molecule has 3 heterocycles. The second-order valence-corrected chi connectivity index (χ2v) is 12.7. The van der Waals surface area contributed by atoms with Crippen LogP contribution >= 0.6 is 11.3 Å². The van der Waals surface area contributed by atoms with E-state index in [1.165, 1.54) is 21.7 Å². The summed E-state index contributed by atoms with van der Waals surface area (Å²) in [5, 5.41) is 4.84. The smallest absolute Gasteiger partial charge is 0.318 e. The van der Waals surface area contributed by atoms with E-state index in [2.05, 4.69) is 10.3 Å². The van der Waals surface area contributed by atoms with Crippen LogP contribution in [0.15, 0.2) is 60.0 Å². The van der Waals surface area contributed by atoms with Crippen molar-refractivity contribution >= 4 is 32.4 Å². The summed E-state index contributed by atoms with van der Waals surface area (Å²) in [6.07, 6.45) is -4.21. The fraction of sp³-hybridized carbons (Fsp3) is 0.286. The van der Waals surface area contributed by atoms with Crippen LogP contribution in [0.3, 0.4) is 0 Å². The Labute approximate surface area is 234 Å². The number of halogens is 3. The van der Waals surface area contributed by atoms with Gasteiger partial charge in [0.1, 0.15) is 6.04 Å². The highest BCUT2D eigenvalue weighted by Gasteiger charge is 2.38. The van der Waals surface area contributed by atoms with Crippen LogP contribution in [-0.4, -0.2) is 40.0 Å². The van der Waals surface area contributed by atoms with Gasteiger partial charge in [-0.25, -0.2) is 13.4 Å². The molecule has 0 spiro atoms. The van der Waals surface area contributed by atoms with Gasteiger partial charge in [0, 0.05) is 34.6 Å². The second kappa shape index (κ2) is 10.5. The summed E-state index contributed by atoms with van der Waals surface area (Å²) >= 11 is 1.19. The van der Waals surface area contributed by atoms with Gasteiger partial charge in [0.15, 0.2) is 5.13 Å². The molecule has 1 atom stereocenters. The molecule has 210 valence electrons. The third-order valence-electron chi connectivity index (χ3n) is 7.10. The molecule has 1 unspecified atom stereocenters. The number of rotatable bonds is 6. The molecule has 1 amide bonds. The molecule has 12 heteroatoms. The molecule has 2 aromatic heterocycles. The number of aromatic nitrogens is 2. The number of carbonyl (C=O) groups is 1. The average molecular weight is 589 g/mol. The van der Waals surface area contributed by atoms with Crippen LogP contribution in [0.25, 0.3) is 16.9 Å². The molecule has 1 aliphatic rings. The van der Waals surface area contributed by atoms with E-state index < -0.39 is 33.7 Å². The van der Waals surface area contributed by atoms with Crippen molar-refractivity contribution in [3.05, 3.63) is 88.1 Å². The highest BCUT2D eigenvalue weighted by atomic mass is 32.2. The molecule has 40 heavy (non-hydrogen) atoms. The lowest BCUT2D eigenvalue weighted by molar-refractivity contribution is -0.137. The van der Waals surface area contributed by atoms with E-state index in [1.54, 1.807) is 36.8 Å². The molecular weight excluding hydrogens is 561 g/mol. The van der Waals surface area contributed by atoms with Crippen molar-refractivity contribution in [1.82, 2.24) is 13.9 Å². The Hall–Kier alpha value is -3.48. The van der Waals surface area contributed by atoms with E-state index in [9.17, 15) is 26.4 Å². The van der Waals surface area contributed by atoms with E-state index >= 15 is 0 Å². The van der Waals surface area contributed by atoms with Gasteiger partial charge in [-0.2, -0.15) is 17.5 Å². The Bertz CT molecular complexity index is 1690. The van der Waals surface area contributed by atoms with Gasteiger partial charge in [0.2, 0.25) is 15.9 Å². The van der Waals surface area contributed by atoms with Crippen molar-refractivity contribution in [2.24, 2.45) is 0 Å². The highest BCUT2D eigenvalue weighted by Crippen LogP contribution is 2.35. The summed E-state index contributed by atoms with van der Waals surface area (Å²) in [4.78, 5) is 17.9. The van der Waals surface area contributed by atoms with Gasteiger partial charge in [0.25, 0.3) is 0 Å². The first-order chi connectivity index (χ1) is 18.9. The lowest BCUT2D eigenvalue weighted by Gasteiger charge is -2.34. The molecular formula is C28H27F3N4O3S2. The fourth-order valence-electron chi connectivity index (χ4n) is 5.06. The molecule has 1 aliphatic heterocycles. The predicted molar refractivity (Wildman–Crippen MR) is 149 cm³/mol. The summed E-state index contributed by atoms with van der Waals surface area (Å²) in [6, 6.07) is 13.5. The zero-order valence-electron chi connectivity index (χ0n) is 22.0. The maximum atomic E-state index is 13.4. The van der Waals surface area contributed by atoms with Crippen molar-refractivity contribution < 1.29 is 26.4 Å². The summed E-state index contributed by atoms with van der Waals surface area (Å²) in [6.45, 7) is 5.27. The molecule has 0 bridgehead atoms. The molecule has 0 saturated carbocycles. The van der Waals surface area contributed by atoms with Gasteiger partial charge in [-0.15, -0.1) is 11.3 Å². The van der Waals surface area contributed by atoms with Crippen LogP contribution in [0.5, 0.6) is 0 Å². The molecule has 2 aromatic carbocycles. The van der Waals surface area contributed by atoms with Crippen molar-refractivity contribution in [2.75, 3.05) is 11.1 Å². The Morgan fingerprint density at radius 1 is 1.10 bits per heavy atom. The first kappa shape index (κ1) is 28.1. The maximum absolute atomic E-state index is 13.4. The summed E-state index contributed by atoms with van der Waals surface area (Å²) in [7, 11) is -3.65. The first-order valence-electron chi connectivity index (χ1n) is 12.6. The normalized spacial score (nSPS) is 16.1. The molecule has 0 fully saturated rings. The van der Waals surface area contributed by atoms with Crippen molar-refractivity contribution in [3.63, 3.8) is 0 Å². The molecule has 4 aromatic rings. The predicted octanol–water partition coefficient (Wildman–Crippen LogP) is 5.95. The van der Waals surface area contributed by atoms with Gasteiger partial charge in [0.05, 0.1) is 17.0 Å². The number of aryl methyl sites for hydroxylation is 1. The standard InChI is InChI=1S/C28H27F3N4O3S2/c1-4-40(37,38)34-15-20-9-6-5-8-19(20)13-25(34)26(36)33-27-32-24(16-39-27)23-12-17(2)35(18(23)3)22-11-7-10-21(14-22)28(29,30)31/h5-12,14,16,25H,4,13,15H2,1-3H3,(H,32,33,36). The van der Waals surface area contributed by atoms with E-state index in [-0.39, 0.29) is 18.7 Å². The zero-order chi connectivity index (χ0) is 28.8. The number of sulfonamides is 1. The van der Waals surface area contributed by atoms with Gasteiger partial charge < -0.3 is 9.88 Å². The summed E-state index contributed by atoms with van der Waals surface area (Å²) in [5.41, 5.74) is 4.14. The quantitative estimate of drug-likeness (QED) is 0.302. The number of fused-ring (bicyclic) bond motifs is 1. The lowest BCUT2D eigenvalue weighted by Crippen LogP contribution is -2.51. The molecule has 0 aliphatic carbocycles. The molecule has 0 saturated heterocycles. The Kier molecular flexibility index (Phi) is 7.36. The first-order valence-corrected chi connectivity index (χ1v) is 15.1. The highest BCUT2D eigenvalue weighted by molar-refractivity contribution is 7.89. The number of benzene rings is 2. The van der Waals surface area contributed by atoms with Crippen LogP contribution in [0, 0.1) is 13.8 Å². The van der Waals surface area contributed by atoms with E-state index in [0.717, 1.165) is 29.0 Å². The van der Waals surface area contributed by atoms with Crippen LogP contribution in [-0.2, 0) is 34.0 Å². The average Bonchev–Trinajstić information content (AvgIpc) is 3.50. The summed E-state index contributed by atoms with van der Waals surface area (Å²) < 4.78 is 68.6. The van der Waals surface area contributed by atoms with E-state index in [0.29, 0.717) is 27.8 Å². The third kappa shape index (κ3) is 5.30. The van der Waals surface area contributed by atoms with Crippen LogP contribution < -0.4 is 5.32 Å². The lowest BCUT2D eigenvalue weighted by atomic mass is 9.95. The van der Waals surface area contributed by atoms with Gasteiger partial charge >= 0.3 is 6.18 Å². The van der Waals surface area contributed by atoms with Gasteiger partial charge in [-0.3, -0.25) is 4.79 Å². The number of anilines is 1. The van der Waals surface area contributed by atoms with Crippen LogP contribution in [0.1, 0.15) is 35.0 Å². The number of nitrogens with one attached hydrogen (secondary N) is 1. The Morgan fingerprint density at radius 3 is 2.52 bits per heavy atom. The maximum Gasteiger partial charge on any atom is 0.416 e. The monoisotopic (exact) mass is 588 g/mol. The molecule has 5 rings (SSSR count). The molecule has 1 N–H and O–H groups in total. The van der Waals surface area contributed by atoms with Gasteiger partial charge in [-0.05, 0) is 62.6 Å². The molecule has 0 radical (unpaired) electrons. The Balaban J connectivity index is 1.41. The third-order valence-corrected chi connectivity index (χ3v) is 9.69. The topological polar surface area (TPSA) is 84.3 Å². The molecule has 7 nitrogen and oxygen atoms in total. The number of alkyl halides is 3. The SMILES string of the molecule is CCS(=O)(=O)N1Cc2ccccc2CC1C(=O)Nc1nc(-c2cc(C)n(-c3cccc(C(F)(F)F)c3)c2C)cs1.